The van der Waals surface area contributed by atoms with Crippen molar-refractivity contribution in [3.8, 4) is 0 Å². The van der Waals surface area contributed by atoms with Crippen LogP contribution in [-0.4, -0.2) is 79.1 Å². The number of ether oxygens (including phenoxy) is 2. The quantitative estimate of drug-likeness (QED) is 0.301. The summed E-state index contributed by atoms with van der Waals surface area (Å²) < 4.78 is 37.6. The maximum atomic E-state index is 13.3. The summed E-state index contributed by atoms with van der Waals surface area (Å²) in [5, 5.41) is 23.3. The summed E-state index contributed by atoms with van der Waals surface area (Å²) in [5.74, 6) is -0.196. The van der Waals surface area contributed by atoms with Gasteiger partial charge in [-0.05, 0) is 39.8 Å². The predicted molar refractivity (Wildman–Crippen MR) is 137 cm³/mol. The molecule has 14 heteroatoms. The zero-order valence-electron chi connectivity index (χ0n) is 21.5. The van der Waals surface area contributed by atoms with E-state index >= 15 is 0 Å². The lowest BCUT2D eigenvalue weighted by molar-refractivity contribution is -0.0649. The van der Waals surface area contributed by atoms with Gasteiger partial charge in [-0.3, -0.25) is 13.9 Å². The highest BCUT2D eigenvalue weighted by molar-refractivity contribution is 7.53. The number of fused-ring (bicyclic) bond motifs is 1. The Kier molecular flexibility index (Phi) is 8.89. The number of carbonyl (C=O) groups excluding carboxylic acids is 1. The second-order valence-electron chi connectivity index (χ2n) is 9.28. The fraction of sp³-hybridized carbons (Fsp3) is 0.500. The number of aromatic nitrogens is 4. The van der Waals surface area contributed by atoms with E-state index < -0.39 is 57.3 Å². The number of aliphatic hydroxyl groups is 2. The highest BCUT2D eigenvalue weighted by atomic mass is 31.2. The van der Waals surface area contributed by atoms with Gasteiger partial charge in [0.15, 0.2) is 23.2 Å². The zero-order chi connectivity index (χ0) is 27.4. The molecule has 0 radical (unpaired) electrons. The summed E-state index contributed by atoms with van der Waals surface area (Å²) in [7, 11) is -3.69. The molecule has 0 aliphatic carbocycles. The Hall–Kier alpha value is -2.77. The van der Waals surface area contributed by atoms with Gasteiger partial charge in [-0.25, -0.2) is 15.0 Å². The monoisotopic (exact) mass is 549 g/mol. The smallest absolute Gasteiger partial charge is 0.356 e. The summed E-state index contributed by atoms with van der Waals surface area (Å²) in [6, 6.07) is 8.63. The van der Waals surface area contributed by atoms with Gasteiger partial charge in [0.2, 0.25) is 0 Å². The van der Waals surface area contributed by atoms with Crippen LogP contribution < -0.4 is 5.32 Å². The van der Waals surface area contributed by atoms with Crippen molar-refractivity contribution in [1.82, 2.24) is 19.5 Å². The molecule has 2 aromatic heterocycles. The predicted octanol–water partition coefficient (Wildman–Crippen LogP) is 2.72. The van der Waals surface area contributed by atoms with Gasteiger partial charge >= 0.3 is 7.60 Å². The first-order valence-electron chi connectivity index (χ1n) is 12.2. The third-order valence-electron chi connectivity index (χ3n) is 5.56. The van der Waals surface area contributed by atoms with Gasteiger partial charge in [-0.15, -0.1) is 0 Å². The highest BCUT2D eigenvalue weighted by Gasteiger charge is 2.47. The molecule has 13 nitrogen and oxygen atoms in total. The summed E-state index contributed by atoms with van der Waals surface area (Å²) in [4.78, 5) is 25.4. The van der Waals surface area contributed by atoms with Crippen LogP contribution in [0.15, 0.2) is 43.0 Å². The number of carbonyl (C=O) groups is 1. The highest BCUT2D eigenvalue weighted by Crippen LogP contribution is 2.51. The molecule has 4 atom stereocenters. The number of benzene rings is 1. The van der Waals surface area contributed by atoms with Crippen LogP contribution in [0.1, 0.15) is 44.3 Å². The van der Waals surface area contributed by atoms with Crippen LogP contribution in [0.4, 0.5) is 5.82 Å². The zero-order valence-corrected chi connectivity index (χ0v) is 22.4. The Labute approximate surface area is 219 Å². The Morgan fingerprint density at radius 3 is 2.45 bits per heavy atom. The lowest BCUT2D eigenvalue weighted by Crippen LogP contribution is -2.36. The number of aliphatic hydroxyl groups excluding tert-OH is 2. The van der Waals surface area contributed by atoms with Crippen LogP contribution >= 0.6 is 7.60 Å². The summed E-state index contributed by atoms with van der Waals surface area (Å²) in [6.45, 7) is 6.40. The number of rotatable bonds is 11. The van der Waals surface area contributed by atoms with E-state index in [4.69, 9.17) is 18.5 Å². The molecule has 0 unspecified atom stereocenters. The molecule has 0 bridgehead atoms. The Morgan fingerprint density at radius 1 is 1.13 bits per heavy atom. The summed E-state index contributed by atoms with van der Waals surface area (Å²) >= 11 is 0. The first kappa shape index (κ1) is 28.2. The number of hydrogen-bond acceptors (Lipinski definition) is 11. The largest absolute Gasteiger partial charge is 0.394 e. The number of nitrogens with one attached hydrogen (secondary N) is 1. The summed E-state index contributed by atoms with van der Waals surface area (Å²) in [6.07, 6.45) is -2.93. The molecular formula is C24H32N5O8P. The molecule has 38 heavy (non-hydrogen) atoms. The average Bonchev–Trinajstić information content (AvgIpc) is 3.43. The van der Waals surface area contributed by atoms with E-state index in [1.54, 1.807) is 58.0 Å². The van der Waals surface area contributed by atoms with E-state index in [1.165, 1.54) is 17.2 Å². The van der Waals surface area contributed by atoms with Crippen LogP contribution in [0.2, 0.25) is 0 Å². The molecule has 3 heterocycles. The van der Waals surface area contributed by atoms with Crippen molar-refractivity contribution in [2.75, 3.05) is 18.3 Å². The Bertz CT molecular complexity index is 1270. The number of amides is 1. The van der Waals surface area contributed by atoms with Crippen LogP contribution in [0.3, 0.4) is 0 Å². The van der Waals surface area contributed by atoms with Gasteiger partial charge in [-0.2, -0.15) is 0 Å². The average molecular weight is 550 g/mol. The fourth-order valence-corrected chi connectivity index (χ4v) is 5.89. The Morgan fingerprint density at radius 2 is 1.82 bits per heavy atom. The molecule has 3 aromatic rings. The molecule has 1 saturated heterocycles. The van der Waals surface area contributed by atoms with Gasteiger partial charge in [-0.1, -0.05) is 18.2 Å². The first-order valence-corrected chi connectivity index (χ1v) is 13.9. The molecule has 1 aromatic carbocycles. The molecule has 1 amide bonds. The van der Waals surface area contributed by atoms with Gasteiger partial charge < -0.3 is 34.1 Å². The molecular weight excluding hydrogens is 517 g/mol. The molecule has 1 aliphatic rings. The first-order chi connectivity index (χ1) is 18.1. The van der Waals surface area contributed by atoms with Crippen molar-refractivity contribution >= 4 is 30.5 Å². The number of imidazole rings is 1. The SMILES string of the molecule is CC(C)OP(=O)(CO[C@H]1[C@H](O)[C@@H](CO)O[C@H]1n1cnc2c(NC(=O)c3ccccc3)ncnc21)OC(C)C. The van der Waals surface area contributed by atoms with Gasteiger partial charge in [0.05, 0.1) is 25.1 Å². The molecule has 0 spiro atoms. The standard InChI is InChI=1S/C24H32N5O8P/c1-14(2)36-38(33,37-15(3)4)13-34-20-19(31)17(10-30)35-24(20)29-12-27-18-21(25-11-26-22(18)29)28-23(32)16-8-6-5-7-9-16/h5-9,11-12,14-15,17,19-20,24,30-31H,10,13H2,1-4H3,(H,25,26,28,32)/t17-,19-,20+,24-/m1/s1. The lowest BCUT2D eigenvalue weighted by Gasteiger charge is -2.26. The molecule has 0 saturated carbocycles. The molecule has 4 rings (SSSR count). The third-order valence-corrected chi connectivity index (χ3v) is 7.51. The number of anilines is 1. The van der Waals surface area contributed by atoms with Crippen molar-refractivity contribution in [1.29, 1.82) is 0 Å². The minimum Gasteiger partial charge on any atom is -0.394 e. The minimum absolute atomic E-state index is 0.178. The van der Waals surface area contributed by atoms with Gasteiger partial charge in [0.1, 0.15) is 31.0 Å². The van der Waals surface area contributed by atoms with E-state index in [2.05, 4.69) is 20.3 Å². The molecule has 1 fully saturated rings. The van der Waals surface area contributed by atoms with E-state index in [1.807, 2.05) is 0 Å². The van der Waals surface area contributed by atoms with Crippen molar-refractivity contribution < 1.29 is 38.1 Å². The normalized spacial score (nSPS) is 22.0. The molecule has 1 aliphatic heterocycles. The van der Waals surface area contributed by atoms with E-state index in [-0.39, 0.29) is 22.9 Å². The number of hydrogen-bond donors (Lipinski definition) is 3. The maximum Gasteiger partial charge on any atom is 0.356 e. The van der Waals surface area contributed by atoms with Crippen LogP contribution in [0, 0.1) is 0 Å². The Balaban J connectivity index is 1.61. The summed E-state index contributed by atoms with van der Waals surface area (Å²) in [5.41, 5.74) is 1.00. The van der Waals surface area contributed by atoms with Crippen molar-refractivity contribution in [2.45, 2.75) is 64.4 Å². The third kappa shape index (κ3) is 6.26. The minimum atomic E-state index is -3.69. The van der Waals surface area contributed by atoms with E-state index in [0.29, 0.717) is 5.56 Å². The lowest BCUT2D eigenvalue weighted by atomic mass is 10.1. The fourth-order valence-electron chi connectivity index (χ4n) is 4.08. The molecule has 3 N–H and O–H groups in total. The van der Waals surface area contributed by atoms with Gasteiger partial charge in [0, 0.05) is 5.56 Å². The van der Waals surface area contributed by atoms with Crippen LogP contribution in [0.25, 0.3) is 11.2 Å². The number of nitrogens with zero attached hydrogens (tertiary/aromatic N) is 4. The second-order valence-corrected chi connectivity index (χ2v) is 11.2. The van der Waals surface area contributed by atoms with Crippen molar-refractivity contribution in [2.24, 2.45) is 0 Å². The van der Waals surface area contributed by atoms with Crippen molar-refractivity contribution in [3.05, 3.63) is 48.5 Å². The van der Waals surface area contributed by atoms with Crippen molar-refractivity contribution in [3.63, 3.8) is 0 Å². The molecule has 206 valence electrons. The maximum absolute atomic E-state index is 13.3. The van der Waals surface area contributed by atoms with Crippen LogP contribution in [0.5, 0.6) is 0 Å². The van der Waals surface area contributed by atoms with Crippen LogP contribution in [-0.2, 0) is 23.1 Å². The van der Waals surface area contributed by atoms with Gasteiger partial charge in [0.25, 0.3) is 5.91 Å². The van der Waals surface area contributed by atoms with E-state index in [0.717, 1.165) is 0 Å². The van der Waals surface area contributed by atoms with E-state index in [9.17, 15) is 19.6 Å². The second kappa shape index (κ2) is 12.0. The topological polar surface area (TPSA) is 167 Å².